The van der Waals surface area contributed by atoms with Crippen LogP contribution in [-0.4, -0.2) is 12.4 Å². The van der Waals surface area contributed by atoms with Gasteiger partial charge >= 0.3 is 0 Å². The standard InChI is InChI=1S/C9H12O2/c1-3-11-8-4-5-9(10)7(2)6-8/h4-7H,3H2,1-2H3. The van der Waals surface area contributed by atoms with E-state index in [2.05, 4.69) is 0 Å². The van der Waals surface area contributed by atoms with E-state index in [9.17, 15) is 4.79 Å². The summed E-state index contributed by atoms with van der Waals surface area (Å²) in [7, 11) is 0. The van der Waals surface area contributed by atoms with Crippen LogP contribution in [0.5, 0.6) is 0 Å². The van der Waals surface area contributed by atoms with Crippen molar-refractivity contribution in [3.8, 4) is 0 Å². The first-order chi connectivity index (χ1) is 5.24. The van der Waals surface area contributed by atoms with Crippen molar-refractivity contribution in [3.63, 3.8) is 0 Å². The van der Waals surface area contributed by atoms with Crippen molar-refractivity contribution in [2.24, 2.45) is 5.92 Å². The molecular formula is C9H12O2. The van der Waals surface area contributed by atoms with Gasteiger partial charge in [0.25, 0.3) is 0 Å². The normalized spacial score (nSPS) is 23.3. The first-order valence-corrected chi connectivity index (χ1v) is 3.80. The van der Waals surface area contributed by atoms with Gasteiger partial charge < -0.3 is 4.74 Å². The van der Waals surface area contributed by atoms with E-state index < -0.39 is 0 Å². The molecule has 0 aromatic carbocycles. The molecule has 0 spiro atoms. The number of carbonyl (C=O) groups is 1. The predicted molar refractivity (Wildman–Crippen MR) is 43.0 cm³/mol. The van der Waals surface area contributed by atoms with Crippen molar-refractivity contribution >= 4 is 5.78 Å². The second-order valence-corrected chi connectivity index (χ2v) is 2.53. The summed E-state index contributed by atoms with van der Waals surface area (Å²) < 4.78 is 5.22. The Morgan fingerprint density at radius 1 is 1.55 bits per heavy atom. The zero-order valence-corrected chi connectivity index (χ0v) is 6.83. The molecule has 0 bridgehead atoms. The van der Waals surface area contributed by atoms with Gasteiger partial charge in [0.1, 0.15) is 5.76 Å². The highest BCUT2D eigenvalue weighted by atomic mass is 16.5. The second kappa shape index (κ2) is 3.37. The van der Waals surface area contributed by atoms with E-state index in [1.807, 2.05) is 19.9 Å². The molecule has 11 heavy (non-hydrogen) atoms. The van der Waals surface area contributed by atoms with Crippen LogP contribution >= 0.6 is 0 Å². The summed E-state index contributed by atoms with van der Waals surface area (Å²) in [6, 6.07) is 0. The van der Waals surface area contributed by atoms with Crippen LogP contribution < -0.4 is 0 Å². The molecule has 1 aliphatic rings. The van der Waals surface area contributed by atoms with E-state index >= 15 is 0 Å². The van der Waals surface area contributed by atoms with Crippen molar-refractivity contribution < 1.29 is 9.53 Å². The molecule has 0 aromatic heterocycles. The van der Waals surface area contributed by atoms with Gasteiger partial charge in [-0.2, -0.15) is 0 Å². The maximum Gasteiger partial charge on any atom is 0.162 e. The largest absolute Gasteiger partial charge is 0.494 e. The third-order valence-corrected chi connectivity index (χ3v) is 1.59. The van der Waals surface area contributed by atoms with Crippen molar-refractivity contribution in [2.75, 3.05) is 6.61 Å². The molecule has 0 heterocycles. The van der Waals surface area contributed by atoms with Crippen LogP contribution in [0.1, 0.15) is 13.8 Å². The van der Waals surface area contributed by atoms with Gasteiger partial charge in [-0.1, -0.05) is 6.92 Å². The van der Waals surface area contributed by atoms with Crippen LogP contribution in [-0.2, 0) is 9.53 Å². The second-order valence-electron chi connectivity index (χ2n) is 2.53. The maximum atomic E-state index is 11.0. The number of allylic oxidation sites excluding steroid dienone is 3. The third-order valence-electron chi connectivity index (χ3n) is 1.59. The fraction of sp³-hybridized carbons (Fsp3) is 0.444. The Labute approximate surface area is 66.5 Å². The number of carbonyl (C=O) groups excluding carboxylic acids is 1. The molecule has 2 nitrogen and oxygen atoms in total. The molecule has 0 amide bonds. The molecular weight excluding hydrogens is 140 g/mol. The molecule has 2 heteroatoms. The van der Waals surface area contributed by atoms with Crippen molar-refractivity contribution in [2.45, 2.75) is 13.8 Å². The quantitative estimate of drug-likeness (QED) is 0.601. The number of ketones is 1. The lowest BCUT2D eigenvalue weighted by atomic mass is 10.0. The van der Waals surface area contributed by atoms with Crippen molar-refractivity contribution in [1.29, 1.82) is 0 Å². The number of hydrogen-bond donors (Lipinski definition) is 0. The lowest BCUT2D eigenvalue weighted by molar-refractivity contribution is -0.116. The molecule has 0 aliphatic heterocycles. The highest BCUT2D eigenvalue weighted by Gasteiger charge is 2.12. The molecule has 0 radical (unpaired) electrons. The molecule has 1 rings (SSSR count). The predicted octanol–water partition coefficient (Wildman–Crippen LogP) is 1.68. The summed E-state index contributed by atoms with van der Waals surface area (Å²) in [4.78, 5) is 11.0. The van der Waals surface area contributed by atoms with Gasteiger partial charge in [-0.05, 0) is 25.2 Å². The molecule has 0 fully saturated rings. The summed E-state index contributed by atoms with van der Waals surface area (Å²) in [5.41, 5.74) is 0. The Balaban J connectivity index is 2.64. The van der Waals surface area contributed by atoms with Crippen LogP contribution in [0.4, 0.5) is 0 Å². The van der Waals surface area contributed by atoms with Crippen molar-refractivity contribution in [3.05, 3.63) is 24.0 Å². The van der Waals surface area contributed by atoms with Crippen LogP contribution in [0.25, 0.3) is 0 Å². The van der Waals surface area contributed by atoms with Crippen LogP contribution in [0.15, 0.2) is 24.0 Å². The molecule has 0 saturated carbocycles. The van der Waals surface area contributed by atoms with Crippen LogP contribution in [0, 0.1) is 5.92 Å². The zero-order valence-electron chi connectivity index (χ0n) is 6.83. The number of ether oxygens (including phenoxy) is 1. The minimum atomic E-state index is -0.0263. The molecule has 1 aliphatic carbocycles. The fourth-order valence-corrected chi connectivity index (χ4v) is 0.963. The van der Waals surface area contributed by atoms with Gasteiger partial charge in [0.05, 0.1) is 6.61 Å². The number of rotatable bonds is 2. The Morgan fingerprint density at radius 2 is 2.27 bits per heavy atom. The summed E-state index contributed by atoms with van der Waals surface area (Å²) in [6.07, 6.45) is 5.12. The van der Waals surface area contributed by atoms with E-state index in [1.165, 1.54) is 0 Å². The highest BCUT2D eigenvalue weighted by molar-refractivity contribution is 5.94. The monoisotopic (exact) mass is 152 g/mol. The van der Waals surface area contributed by atoms with E-state index in [0.29, 0.717) is 6.61 Å². The average Bonchev–Trinajstić information content (AvgIpc) is 1.98. The lowest BCUT2D eigenvalue weighted by Gasteiger charge is -2.11. The molecule has 0 aromatic rings. The van der Waals surface area contributed by atoms with Crippen LogP contribution in [0.3, 0.4) is 0 Å². The Hall–Kier alpha value is -1.05. The Morgan fingerprint density at radius 3 is 2.82 bits per heavy atom. The van der Waals surface area contributed by atoms with Gasteiger partial charge in [0.15, 0.2) is 5.78 Å². The maximum absolute atomic E-state index is 11.0. The first-order valence-electron chi connectivity index (χ1n) is 3.80. The van der Waals surface area contributed by atoms with Gasteiger partial charge in [0, 0.05) is 5.92 Å². The van der Waals surface area contributed by atoms with Gasteiger partial charge in [-0.3, -0.25) is 4.79 Å². The van der Waals surface area contributed by atoms with Gasteiger partial charge in [-0.25, -0.2) is 0 Å². The topological polar surface area (TPSA) is 26.3 Å². The highest BCUT2D eigenvalue weighted by Crippen LogP contribution is 2.13. The van der Waals surface area contributed by atoms with E-state index in [4.69, 9.17) is 4.74 Å². The van der Waals surface area contributed by atoms with E-state index in [0.717, 1.165) is 5.76 Å². The molecule has 0 N–H and O–H groups in total. The lowest BCUT2D eigenvalue weighted by Crippen LogP contribution is -2.10. The summed E-state index contributed by atoms with van der Waals surface area (Å²) in [6.45, 7) is 4.44. The third kappa shape index (κ3) is 1.93. The van der Waals surface area contributed by atoms with E-state index in [1.54, 1.807) is 12.2 Å². The van der Waals surface area contributed by atoms with Gasteiger partial charge in [0.2, 0.25) is 0 Å². The molecule has 1 atom stereocenters. The van der Waals surface area contributed by atoms with Crippen LogP contribution in [0.2, 0.25) is 0 Å². The minimum Gasteiger partial charge on any atom is -0.494 e. The van der Waals surface area contributed by atoms with Gasteiger partial charge in [-0.15, -0.1) is 0 Å². The summed E-state index contributed by atoms with van der Waals surface area (Å²) in [5, 5.41) is 0. The van der Waals surface area contributed by atoms with E-state index in [-0.39, 0.29) is 11.7 Å². The average molecular weight is 152 g/mol. The smallest absolute Gasteiger partial charge is 0.162 e. The fourth-order valence-electron chi connectivity index (χ4n) is 0.963. The molecule has 60 valence electrons. The summed E-state index contributed by atoms with van der Waals surface area (Å²) in [5.74, 6) is 0.926. The number of hydrogen-bond acceptors (Lipinski definition) is 2. The minimum absolute atomic E-state index is 0.0263. The Bertz CT molecular complexity index is 214. The summed E-state index contributed by atoms with van der Waals surface area (Å²) >= 11 is 0. The first kappa shape index (κ1) is 8.05. The molecule has 1 unspecified atom stereocenters. The zero-order chi connectivity index (χ0) is 8.27. The molecule has 0 saturated heterocycles. The Kier molecular flexibility index (Phi) is 2.47. The van der Waals surface area contributed by atoms with Crippen molar-refractivity contribution in [1.82, 2.24) is 0 Å². The SMILES string of the molecule is CCOC1=CC(C)C(=O)C=C1.